The standard InChI is InChI=1S/C12H18O/c1-4-12(2,3)11(13)10-8-6-5-7-9-10/h5-6,8H,4,7,9H2,1-3H3. The lowest BCUT2D eigenvalue weighted by atomic mass is 9.80. The van der Waals surface area contributed by atoms with Gasteiger partial charge in [-0.3, -0.25) is 4.79 Å². The molecule has 0 heterocycles. The highest BCUT2D eigenvalue weighted by atomic mass is 16.1. The molecule has 0 aromatic rings. The fourth-order valence-electron chi connectivity index (χ4n) is 1.39. The molecular weight excluding hydrogens is 160 g/mol. The van der Waals surface area contributed by atoms with E-state index >= 15 is 0 Å². The summed E-state index contributed by atoms with van der Waals surface area (Å²) in [5, 5.41) is 0. The Morgan fingerprint density at radius 3 is 2.69 bits per heavy atom. The van der Waals surface area contributed by atoms with E-state index in [4.69, 9.17) is 0 Å². The van der Waals surface area contributed by atoms with E-state index in [-0.39, 0.29) is 5.41 Å². The Morgan fingerprint density at radius 1 is 1.54 bits per heavy atom. The van der Waals surface area contributed by atoms with Crippen molar-refractivity contribution in [3.63, 3.8) is 0 Å². The zero-order valence-electron chi connectivity index (χ0n) is 8.76. The topological polar surface area (TPSA) is 17.1 Å². The molecular formula is C12H18O. The largest absolute Gasteiger partial charge is 0.294 e. The predicted octanol–water partition coefficient (Wildman–Crippen LogP) is 3.27. The molecule has 72 valence electrons. The van der Waals surface area contributed by atoms with Crippen LogP contribution in [0, 0.1) is 5.41 Å². The molecule has 0 aromatic heterocycles. The predicted molar refractivity (Wildman–Crippen MR) is 55.5 cm³/mol. The van der Waals surface area contributed by atoms with Crippen LogP contribution < -0.4 is 0 Å². The fourth-order valence-corrected chi connectivity index (χ4v) is 1.39. The normalized spacial score (nSPS) is 17.0. The Morgan fingerprint density at radius 2 is 2.23 bits per heavy atom. The molecule has 0 bridgehead atoms. The van der Waals surface area contributed by atoms with Crippen LogP contribution in [0.25, 0.3) is 0 Å². The van der Waals surface area contributed by atoms with Crippen LogP contribution in [0.1, 0.15) is 40.0 Å². The molecule has 0 spiro atoms. The van der Waals surface area contributed by atoms with E-state index in [1.165, 1.54) is 0 Å². The van der Waals surface area contributed by atoms with Crippen molar-refractivity contribution in [3.05, 3.63) is 23.8 Å². The Kier molecular flexibility index (Phi) is 3.07. The zero-order chi connectivity index (χ0) is 9.90. The van der Waals surface area contributed by atoms with E-state index in [1.807, 2.05) is 26.0 Å². The van der Waals surface area contributed by atoms with E-state index in [9.17, 15) is 4.79 Å². The number of carbonyl (C=O) groups is 1. The molecule has 1 rings (SSSR count). The maximum absolute atomic E-state index is 11.9. The summed E-state index contributed by atoms with van der Waals surface area (Å²) in [6.07, 6.45) is 8.89. The summed E-state index contributed by atoms with van der Waals surface area (Å²) in [6, 6.07) is 0. The molecule has 0 unspecified atom stereocenters. The molecule has 0 aromatic carbocycles. The second-order valence-electron chi connectivity index (χ2n) is 4.23. The average Bonchev–Trinajstić information content (AvgIpc) is 2.18. The Bertz CT molecular complexity index is 256. The Labute approximate surface area is 80.5 Å². The van der Waals surface area contributed by atoms with Crippen LogP contribution in [-0.4, -0.2) is 5.78 Å². The first-order valence-corrected chi connectivity index (χ1v) is 4.98. The molecule has 0 N–H and O–H groups in total. The summed E-state index contributed by atoms with van der Waals surface area (Å²) in [6.45, 7) is 6.11. The maximum atomic E-state index is 11.9. The van der Waals surface area contributed by atoms with Crippen LogP contribution in [0.5, 0.6) is 0 Å². The molecule has 0 radical (unpaired) electrons. The SMILES string of the molecule is CCC(C)(C)C(=O)C1=CC=CCC1. The van der Waals surface area contributed by atoms with Crippen LogP contribution in [0.3, 0.4) is 0 Å². The molecule has 0 aliphatic heterocycles. The third kappa shape index (κ3) is 2.30. The fraction of sp³-hybridized carbons (Fsp3) is 0.583. The van der Waals surface area contributed by atoms with Crippen LogP contribution >= 0.6 is 0 Å². The first kappa shape index (κ1) is 10.2. The van der Waals surface area contributed by atoms with Crippen LogP contribution in [0.4, 0.5) is 0 Å². The zero-order valence-corrected chi connectivity index (χ0v) is 8.76. The summed E-state index contributed by atoms with van der Waals surface area (Å²) >= 11 is 0. The van der Waals surface area contributed by atoms with Gasteiger partial charge in [0.15, 0.2) is 5.78 Å². The molecule has 0 saturated heterocycles. The highest BCUT2D eigenvalue weighted by Crippen LogP contribution is 2.28. The maximum Gasteiger partial charge on any atom is 0.164 e. The Balaban J connectivity index is 2.78. The van der Waals surface area contributed by atoms with Gasteiger partial charge in [-0.2, -0.15) is 0 Å². The van der Waals surface area contributed by atoms with Crippen molar-refractivity contribution in [3.8, 4) is 0 Å². The first-order valence-electron chi connectivity index (χ1n) is 4.98. The molecule has 1 aliphatic rings. The summed E-state index contributed by atoms with van der Waals surface area (Å²) in [5.41, 5.74) is 0.811. The lowest BCUT2D eigenvalue weighted by molar-refractivity contribution is -0.123. The molecule has 1 heteroatoms. The lowest BCUT2D eigenvalue weighted by Gasteiger charge is -2.23. The van der Waals surface area contributed by atoms with Gasteiger partial charge >= 0.3 is 0 Å². The van der Waals surface area contributed by atoms with Crippen molar-refractivity contribution >= 4 is 5.78 Å². The first-order chi connectivity index (χ1) is 6.08. The number of rotatable bonds is 3. The van der Waals surface area contributed by atoms with E-state index < -0.39 is 0 Å². The van der Waals surface area contributed by atoms with Gasteiger partial charge in [0.1, 0.15) is 0 Å². The van der Waals surface area contributed by atoms with Crippen LogP contribution in [0.15, 0.2) is 23.8 Å². The molecule has 0 fully saturated rings. The molecule has 0 atom stereocenters. The summed E-state index contributed by atoms with van der Waals surface area (Å²) in [5.74, 6) is 0.319. The summed E-state index contributed by atoms with van der Waals surface area (Å²) in [4.78, 5) is 11.9. The van der Waals surface area contributed by atoms with Crippen molar-refractivity contribution in [1.29, 1.82) is 0 Å². The van der Waals surface area contributed by atoms with Crippen LogP contribution in [0.2, 0.25) is 0 Å². The highest BCUT2D eigenvalue weighted by Gasteiger charge is 2.27. The summed E-state index contributed by atoms with van der Waals surface area (Å²) < 4.78 is 0. The van der Waals surface area contributed by atoms with Crippen LogP contribution in [-0.2, 0) is 4.79 Å². The molecule has 1 aliphatic carbocycles. The Hall–Kier alpha value is -0.850. The molecule has 1 nitrogen and oxygen atoms in total. The van der Waals surface area contributed by atoms with Crippen molar-refractivity contribution in [2.24, 2.45) is 5.41 Å². The van der Waals surface area contributed by atoms with Gasteiger partial charge in [-0.25, -0.2) is 0 Å². The van der Waals surface area contributed by atoms with Gasteiger partial charge in [-0.05, 0) is 24.8 Å². The number of hydrogen-bond acceptors (Lipinski definition) is 1. The van der Waals surface area contributed by atoms with E-state index in [1.54, 1.807) is 0 Å². The van der Waals surface area contributed by atoms with Crippen molar-refractivity contribution in [1.82, 2.24) is 0 Å². The van der Waals surface area contributed by atoms with Crippen molar-refractivity contribution < 1.29 is 4.79 Å². The summed E-state index contributed by atoms with van der Waals surface area (Å²) in [7, 11) is 0. The van der Waals surface area contributed by atoms with Gasteiger partial charge in [0.2, 0.25) is 0 Å². The van der Waals surface area contributed by atoms with E-state index in [0.29, 0.717) is 5.78 Å². The third-order valence-corrected chi connectivity index (χ3v) is 2.80. The lowest BCUT2D eigenvalue weighted by Crippen LogP contribution is -2.25. The third-order valence-electron chi connectivity index (χ3n) is 2.80. The number of Topliss-reactive ketones (excluding diaryl/α,β-unsaturated/α-hetero) is 1. The monoisotopic (exact) mass is 178 g/mol. The molecule has 0 saturated carbocycles. The van der Waals surface area contributed by atoms with Crippen molar-refractivity contribution in [2.75, 3.05) is 0 Å². The minimum Gasteiger partial charge on any atom is -0.294 e. The van der Waals surface area contributed by atoms with Gasteiger partial charge in [0.25, 0.3) is 0 Å². The quantitative estimate of drug-likeness (QED) is 0.648. The molecule has 0 amide bonds. The van der Waals surface area contributed by atoms with Gasteiger partial charge in [-0.1, -0.05) is 39.0 Å². The van der Waals surface area contributed by atoms with Gasteiger partial charge < -0.3 is 0 Å². The van der Waals surface area contributed by atoms with Gasteiger partial charge in [0, 0.05) is 5.41 Å². The smallest absolute Gasteiger partial charge is 0.164 e. The van der Waals surface area contributed by atoms with E-state index in [2.05, 4.69) is 13.0 Å². The number of carbonyl (C=O) groups excluding carboxylic acids is 1. The van der Waals surface area contributed by atoms with Crippen molar-refractivity contribution in [2.45, 2.75) is 40.0 Å². The number of hydrogen-bond donors (Lipinski definition) is 0. The van der Waals surface area contributed by atoms with Gasteiger partial charge in [-0.15, -0.1) is 0 Å². The average molecular weight is 178 g/mol. The van der Waals surface area contributed by atoms with Gasteiger partial charge in [0.05, 0.1) is 0 Å². The second kappa shape index (κ2) is 3.91. The minimum atomic E-state index is -0.184. The van der Waals surface area contributed by atoms with E-state index in [0.717, 1.165) is 24.8 Å². The highest BCUT2D eigenvalue weighted by molar-refractivity contribution is 5.99. The number of ketones is 1. The number of allylic oxidation sites excluding steroid dienone is 4. The second-order valence-corrected chi connectivity index (χ2v) is 4.23. The molecule has 13 heavy (non-hydrogen) atoms. The minimum absolute atomic E-state index is 0.184.